The number of furan rings is 1. The lowest BCUT2D eigenvalue weighted by Crippen LogP contribution is -1.94. The van der Waals surface area contributed by atoms with Crippen molar-refractivity contribution >= 4 is 22.1 Å². The number of fused-ring (bicyclic) bond motifs is 3. The fourth-order valence-electron chi connectivity index (χ4n) is 7.35. The van der Waals surface area contributed by atoms with E-state index in [-0.39, 0.29) is 0 Å². The number of hydrogen-bond acceptors (Lipinski definition) is 5. The van der Waals surface area contributed by atoms with Crippen LogP contribution in [-0.2, 0) is 0 Å². The summed E-state index contributed by atoms with van der Waals surface area (Å²) >= 11 is 0. The van der Waals surface area contributed by atoms with E-state index >= 15 is 0 Å². The van der Waals surface area contributed by atoms with E-state index < -0.39 is 0 Å². The summed E-state index contributed by atoms with van der Waals surface area (Å²) in [6.07, 6.45) is 3.78. The van der Waals surface area contributed by atoms with Gasteiger partial charge in [-0.25, -0.2) is 4.98 Å². The zero-order valence-corrected chi connectivity index (χ0v) is 30.6. The van der Waals surface area contributed by atoms with Gasteiger partial charge >= 0.3 is 0 Å². The van der Waals surface area contributed by atoms with Gasteiger partial charge in [-0.1, -0.05) is 84.9 Å². The van der Waals surface area contributed by atoms with Crippen LogP contribution in [0.3, 0.4) is 0 Å². The Labute approximate surface area is 314 Å². The number of ether oxygens (including phenoxy) is 1. The van der Waals surface area contributed by atoms with Crippen LogP contribution >= 0.6 is 0 Å². The maximum absolute atomic E-state index is 6.29. The van der Waals surface area contributed by atoms with E-state index in [9.17, 15) is 0 Å². The van der Waals surface area contributed by atoms with Crippen LogP contribution in [0.4, 0.5) is 0 Å². The van der Waals surface area contributed by atoms with Gasteiger partial charge in [-0.2, -0.15) is 0 Å². The van der Waals surface area contributed by atoms with Crippen molar-refractivity contribution in [2.75, 3.05) is 7.11 Å². The highest BCUT2D eigenvalue weighted by atomic mass is 16.5. The number of aryl methyl sites for hydroxylation is 3. The van der Waals surface area contributed by atoms with Gasteiger partial charge in [0.05, 0.1) is 18.5 Å². The van der Waals surface area contributed by atoms with Gasteiger partial charge in [0.25, 0.3) is 0 Å². The summed E-state index contributed by atoms with van der Waals surface area (Å²) in [6.45, 7) is 6.32. The molecule has 9 aromatic rings. The molecule has 0 fully saturated rings. The van der Waals surface area contributed by atoms with E-state index in [1.807, 2.05) is 43.6 Å². The summed E-state index contributed by atoms with van der Waals surface area (Å²) in [7, 11) is 1.73. The molecule has 0 atom stereocenters. The molecule has 54 heavy (non-hydrogen) atoms. The molecule has 0 saturated heterocycles. The van der Waals surface area contributed by atoms with E-state index in [0.29, 0.717) is 5.71 Å². The third-order valence-electron chi connectivity index (χ3n) is 10.3. The van der Waals surface area contributed by atoms with E-state index in [2.05, 4.69) is 139 Å². The number of hydrogen-bond donors (Lipinski definition) is 0. The molecule has 0 radical (unpaired) electrons. The first-order valence-corrected chi connectivity index (χ1v) is 18.1. The monoisotopic (exact) mass is 699 g/mol. The van der Waals surface area contributed by atoms with E-state index in [4.69, 9.17) is 14.1 Å². The molecule has 9 rings (SSSR count). The topological polar surface area (TPSA) is 61.0 Å². The molecule has 0 aliphatic carbocycles. The van der Waals surface area contributed by atoms with Crippen LogP contribution in [0.2, 0.25) is 0 Å². The average molecular weight is 700 g/mol. The number of pyridine rings is 3. The second-order valence-electron chi connectivity index (χ2n) is 13.8. The highest BCUT2D eigenvalue weighted by Crippen LogP contribution is 2.41. The lowest BCUT2D eigenvalue weighted by atomic mass is 9.88. The quantitative estimate of drug-likeness (QED) is 0.166. The molecule has 0 spiro atoms. The van der Waals surface area contributed by atoms with Crippen molar-refractivity contribution in [2.24, 2.45) is 0 Å². The van der Waals surface area contributed by atoms with Gasteiger partial charge in [-0.15, -0.1) is 0 Å². The smallest absolute Gasteiger partial charge is 0.227 e. The molecule has 4 heterocycles. The van der Waals surface area contributed by atoms with Crippen LogP contribution in [0.15, 0.2) is 156 Å². The van der Waals surface area contributed by atoms with Crippen LogP contribution in [0.1, 0.15) is 16.8 Å². The molecule has 0 N–H and O–H groups in total. The Bertz CT molecular complexity index is 2820. The van der Waals surface area contributed by atoms with Crippen molar-refractivity contribution in [2.45, 2.75) is 20.8 Å². The van der Waals surface area contributed by atoms with Gasteiger partial charge in [-0.05, 0) is 125 Å². The molecule has 5 nitrogen and oxygen atoms in total. The van der Waals surface area contributed by atoms with Crippen LogP contribution in [-0.4, -0.2) is 22.1 Å². The van der Waals surface area contributed by atoms with Gasteiger partial charge in [0.2, 0.25) is 5.71 Å². The Morgan fingerprint density at radius 1 is 0.481 bits per heavy atom. The van der Waals surface area contributed by atoms with Crippen LogP contribution in [0.25, 0.3) is 89.1 Å². The van der Waals surface area contributed by atoms with Gasteiger partial charge in [0.1, 0.15) is 11.3 Å². The predicted octanol–water partition coefficient (Wildman–Crippen LogP) is 12.7. The summed E-state index contributed by atoms with van der Waals surface area (Å²) in [5.74, 6) is 0.795. The number of para-hydroxylation sites is 1. The molecule has 5 heteroatoms. The zero-order valence-electron chi connectivity index (χ0n) is 30.6. The highest BCUT2D eigenvalue weighted by Gasteiger charge is 2.17. The first-order chi connectivity index (χ1) is 26.4. The maximum Gasteiger partial charge on any atom is 0.227 e. The Morgan fingerprint density at radius 2 is 1.15 bits per heavy atom. The summed E-state index contributed by atoms with van der Waals surface area (Å²) in [5.41, 5.74) is 17.5. The molecule has 0 saturated carbocycles. The standard InChI is InChI=1S/C49H37N3O2/c1-30-24-44(33-16-18-34(19-17-33)46-14-7-8-23-50-46)45(25-31(30)2)37-26-36(27-38(28-37)53-4)40-11-6-5-10-39(40)35-20-22-47(51-29-35)43-13-9-12-41-42-21-15-32(3)52-49(42)54-48(41)43/h5-29H,1-4H3. The first-order valence-electron chi connectivity index (χ1n) is 18.1. The minimum Gasteiger partial charge on any atom is -0.497 e. The minimum absolute atomic E-state index is 0.645. The van der Waals surface area contributed by atoms with Gasteiger partial charge in [0.15, 0.2) is 0 Å². The molecule has 0 amide bonds. The highest BCUT2D eigenvalue weighted by molar-refractivity contribution is 6.08. The lowest BCUT2D eigenvalue weighted by molar-refractivity contribution is 0.415. The third kappa shape index (κ3) is 6.00. The fourth-order valence-corrected chi connectivity index (χ4v) is 7.35. The predicted molar refractivity (Wildman–Crippen MR) is 220 cm³/mol. The summed E-state index contributed by atoms with van der Waals surface area (Å²) < 4.78 is 12.2. The lowest BCUT2D eigenvalue weighted by Gasteiger charge is -2.17. The van der Waals surface area contributed by atoms with Crippen molar-refractivity contribution in [3.8, 4) is 72.8 Å². The average Bonchev–Trinajstić information content (AvgIpc) is 3.60. The number of nitrogens with zero attached hydrogens (tertiary/aromatic N) is 3. The molecule has 0 aliphatic heterocycles. The fraction of sp³-hybridized carbons (Fsp3) is 0.0816. The zero-order chi connectivity index (χ0) is 36.8. The SMILES string of the molecule is COc1cc(-c2ccccc2-c2ccc(-c3cccc4c3oc3nc(C)ccc34)nc2)cc(-c2cc(C)c(C)cc2-c2ccc(-c3ccccn3)cc2)c1. The maximum atomic E-state index is 6.29. The van der Waals surface area contributed by atoms with Crippen LogP contribution in [0.5, 0.6) is 5.75 Å². The van der Waals surface area contributed by atoms with Gasteiger partial charge in [-0.3, -0.25) is 9.97 Å². The van der Waals surface area contributed by atoms with Crippen molar-refractivity contribution in [1.29, 1.82) is 0 Å². The summed E-state index contributed by atoms with van der Waals surface area (Å²) in [4.78, 5) is 14.1. The number of rotatable bonds is 7. The van der Waals surface area contributed by atoms with Gasteiger partial charge < -0.3 is 9.15 Å². The molecule has 5 aromatic carbocycles. The number of benzene rings is 5. The molecule has 0 unspecified atom stereocenters. The van der Waals surface area contributed by atoms with Gasteiger partial charge in [0, 0.05) is 45.6 Å². The van der Waals surface area contributed by atoms with Crippen LogP contribution < -0.4 is 4.74 Å². The number of methoxy groups -OCH3 is 1. The molecular formula is C49H37N3O2. The number of aromatic nitrogens is 3. The van der Waals surface area contributed by atoms with Crippen molar-refractivity contribution < 1.29 is 9.15 Å². The molecule has 260 valence electrons. The Balaban J connectivity index is 1.11. The Kier molecular flexibility index (Phi) is 8.32. The van der Waals surface area contributed by atoms with Crippen molar-refractivity contribution in [3.05, 3.63) is 169 Å². The third-order valence-corrected chi connectivity index (χ3v) is 10.3. The molecule has 4 aromatic heterocycles. The first kappa shape index (κ1) is 33.0. The Hall–Kier alpha value is -6.85. The second kappa shape index (κ2) is 13.6. The van der Waals surface area contributed by atoms with E-state index in [0.717, 1.165) is 89.3 Å². The molecule has 0 bridgehead atoms. The molecular weight excluding hydrogens is 663 g/mol. The second-order valence-corrected chi connectivity index (χ2v) is 13.8. The summed E-state index contributed by atoms with van der Waals surface area (Å²) in [6, 6.07) is 48.8. The van der Waals surface area contributed by atoms with Crippen LogP contribution in [0, 0.1) is 20.8 Å². The molecule has 0 aliphatic rings. The Morgan fingerprint density at radius 3 is 1.85 bits per heavy atom. The largest absolute Gasteiger partial charge is 0.497 e. The summed E-state index contributed by atoms with van der Waals surface area (Å²) in [5, 5.41) is 2.04. The normalized spacial score (nSPS) is 11.3. The van der Waals surface area contributed by atoms with E-state index in [1.165, 1.54) is 16.7 Å². The van der Waals surface area contributed by atoms with E-state index in [1.54, 1.807) is 7.11 Å². The minimum atomic E-state index is 0.645. The van der Waals surface area contributed by atoms with Crippen molar-refractivity contribution in [1.82, 2.24) is 15.0 Å². The van der Waals surface area contributed by atoms with Crippen molar-refractivity contribution in [3.63, 3.8) is 0 Å².